The third kappa shape index (κ3) is 4.68. The van der Waals surface area contributed by atoms with Crippen molar-refractivity contribution in [1.29, 1.82) is 0 Å². The first-order valence-electron chi connectivity index (χ1n) is 9.32. The fourth-order valence-corrected chi connectivity index (χ4v) is 2.88. The Hall–Kier alpha value is -3.48. The van der Waals surface area contributed by atoms with Gasteiger partial charge < -0.3 is 5.32 Å². The number of nitrogens with one attached hydrogen (secondary N) is 2. The van der Waals surface area contributed by atoms with Gasteiger partial charge in [-0.2, -0.15) is 0 Å². The predicted octanol–water partition coefficient (Wildman–Crippen LogP) is 3.24. The molecule has 2 N–H and O–H groups in total. The Bertz CT molecular complexity index is 1080. The molecule has 0 spiro atoms. The summed E-state index contributed by atoms with van der Waals surface area (Å²) in [5.74, 6) is -0.0386. The number of ketones is 1. The normalized spacial score (nSPS) is 11.3. The largest absolute Gasteiger partial charge is 0.322 e. The van der Waals surface area contributed by atoms with E-state index in [0.717, 1.165) is 0 Å². The van der Waals surface area contributed by atoms with Crippen LogP contribution in [0.25, 0.3) is 5.82 Å². The van der Waals surface area contributed by atoms with E-state index in [4.69, 9.17) is 0 Å². The molecule has 0 atom stereocenters. The summed E-state index contributed by atoms with van der Waals surface area (Å²) in [5.41, 5.74) is 2.34. The van der Waals surface area contributed by atoms with Crippen LogP contribution in [0.15, 0.2) is 53.6 Å². The van der Waals surface area contributed by atoms with Crippen LogP contribution in [0.1, 0.15) is 49.2 Å². The Morgan fingerprint density at radius 2 is 1.79 bits per heavy atom. The minimum absolute atomic E-state index is 0.0441. The molecule has 0 aliphatic rings. The number of benzene rings is 1. The molecule has 0 aliphatic carbocycles. The molecule has 0 fully saturated rings. The molecule has 0 unspecified atom stereocenters. The van der Waals surface area contributed by atoms with E-state index in [1.165, 1.54) is 29.6 Å². The zero-order valence-corrected chi connectivity index (χ0v) is 16.9. The number of aromatic amines is 1. The maximum Gasteiger partial charge on any atom is 0.276 e. The number of carbonyl (C=O) groups is 2. The van der Waals surface area contributed by atoms with Crippen molar-refractivity contribution in [2.75, 3.05) is 5.32 Å². The number of pyridine rings is 1. The van der Waals surface area contributed by atoms with Crippen LogP contribution in [0.4, 0.5) is 5.69 Å². The second-order valence-corrected chi connectivity index (χ2v) is 8.00. The topological polar surface area (TPSA) is 96.8 Å². The molecule has 2 aromatic heterocycles. The summed E-state index contributed by atoms with van der Waals surface area (Å²) in [6, 6.07) is 10.9. The number of aromatic nitrogens is 3. The molecule has 0 radical (unpaired) electrons. The lowest BCUT2D eigenvalue weighted by Crippen LogP contribution is -2.20. The molecular weight excluding hydrogens is 368 g/mol. The molecule has 7 nitrogen and oxygen atoms in total. The van der Waals surface area contributed by atoms with Crippen LogP contribution in [0.2, 0.25) is 0 Å². The lowest BCUT2D eigenvalue weighted by atomic mass is 9.87. The molecule has 1 amide bonds. The summed E-state index contributed by atoms with van der Waals surface area (Å²) in [7, 11) is 0. The predicted molar refractivity (Wildman–Crippen MR) is 112 cm³/mol. The van der Waals surface area contributed by atoms with E-state index >= 15 is 0 Å². The molecule has 0 bridgehead atoms. The minimum atomic E-state index is -0.330. The van der Waals surface area contributed by atoms with Crippen LogP contribution < -0.4 is 10.9 Å². The Labute approximate surface area is 168 Å². The number of nitrogens with zero attached hydrogens (tertiary/aromatic N) is 2. The summed E-state index contributed by atoms with van der Waals surface area (Å²) in [4.78, 5) is 40.2. The quantitative estimate of drug-likeness (QED) is 0.697. The van der Waals surface area contributed by atoms with Crippen LogP contribution in [-0.4, -0.2) is 26.5 Å². The number of hydrogen-bond donors (Lipinski definition) is 2. The second-order valence-electron chi connectivity index (χ2n) is 8.00. The Balaban J connectivity index is 1.73. The first-order chi connectivity index (χ1) is 13.6. The highest BCUT2D eigenvalue weighted by molar-refractivity contribution is 6.04. The van der Waals surface area contributed by atoms with Crippen LogP contribution in [0, 0.1) is 0 Å². The molecule has 0 saturated heterocycles. The van der Waals surface area contributed by atoms with Gasteiger partial charge in [0.25, 0.3) is 11.5 Å². The van der Waals surface area contributed by atoms with Crippen molar-refractivity contribution in [3.63, 3.8) is 0 Å². The maximum atomic E-state index is 12.5. The molecule has 0 saturated carbocycles. The van der Waals surface area contributed by atoms with Crippen molar-refractivity contribution in [3.8, 4) is 5.82 Å². The van der Waals surface area contributed by atoms with E-state index in [1.807, 2.05) is 24.3 Å². The lowest BCUT2D eigenvalue weighted by Gasteiger charge is -2.19. The maximum absolute atomic E-state index is 12.5. The molecule has 0 aliphatic heterocycles. The summed E-state index contributed by atoms with van der Waals surface area (Å²) >= 11 is 0. The van der Waals surface area contributed by atoms with Crippen molar-refractivity contribution < 1.29 is 9.59 Å². The molecule has 29 heavy (non-hydrogen) atoms. The van der Waals surface area contributed by atoms with E-state index in [-0.39, 0.29) is 29.1 Å². The first kappa shape index (κ1) is 20.3. The highest BCUT2D eigenvalue weighted by Gasteiger charge is 2.14. The molecule has 150 valence electrons. The Kier molecular flexibility index (Phi) is 5.50. The van der Waals surface area contributed by atoms with Gasteiger partial charge in [0.05, 0.1) is 5.56 Å². The summed E-state index contributed by atoms with van der Waals surface area (Å²) in [6.07, 6.45) is 2.97. The van der Waals surface area contributed by atoms with Gasteiger partial charge in [0, 0.05) is 30.1 Å². The standard InChI is InChI=1S/C22H24N4O3/c1-14(27)11-16-13-24-26(21(16)29)19-10-5-15(12-23-19)20(28)25-18-8-6-17(7-9-18)22(2,3)4/h5-10,12-13,24H,11H2,1-4H3,(H,25,28). The van der Waals surface area contributed by atoms with Gasteiger partial charge in [0.15, 0.2) is 5.82 Å². The van der Waals surface area contributed by atoms with E-state index in [2.05, 4.69) is 36.2 Å². The molecule has 7 heteroatoms. The van der Waals surface area contributed by atoms with Crippen molar-refractivity contribution in [2.24, 2.45) is 0 Å². The van der Waals surface area contributed by atoms with Gasteiger partial charge in [-0.1, -0.05) is 32.9 Å². The summed E-state index contributed by atoms with van der Waals surface area (Å²) < 4.78 is 1.24. The van der Waals surface area contributed by atoms with E-state index in [9.17, 15) is 14.4 Å². The fraction of sp³-hybridized carbons (Fsp3) is 0.273. The smallest absolute Gasteiger partial charge is 0.276 e. The van der Waals surface area contributed by atoms with Gasteiger partial charge in [-0.05, 0) is 42.2 Å². The van der Waals surface area contributed by atoms with Crippen LogP contribution in [0.5, 0.6) is 0 Å². The van der Waals surface area contributed by atoms with Crippen molar-refractivity contribution >= 4 is 17.4 Å². The Morgan fingerprint density at radius 1 is 1.10 bits per heavy atom. The minimum Gasteiger partial charge on any atom is -0.322 e. The third-order valence-corrected chi connectivity index (χ3v) is 4.53. The lowest BCUT2D eigenvalue weighted by molar-refractivity contribution is -0.116. The van der Waals surface area contributed by atoms with Crippen molar-refractivity contribution in [2.45, 2.75) is 39.5 Å². The zero-order chi connectivity index (χ0) is 21.2. The number of carbonyl (C=O) groups excluding carboxylic acids is 2. The summed E-state index contributed by atoms with van der Waals surface area (Å²) in [5, 5.41) is 5.63. The average molecular weight is 392 g/mol. The average Bonchev–Trinajstić information content (AvgIpc) is 3.01. The number of rotatable bonds is 5. The van der Waals surface area contributed by atoms with Crippen molar-refractivity contribution in [3.05, 3.63) is 75.8 Å². The Morgan fingerprint density at radius 3 is 2.34 bits per heavy atom. The molecule has 3 aromatic rings. The first-order valence-corrected chi connectivity index (χ1v) is 9.32. The number of H-pyrrole nitrogens is 1. The van der Waals surface area contributed by atoms with E-state index in [1.54, 1.807) is 12.1 Å². The van der Waals surface area contributed by atoms with Gasteiger partial charge in [0.1, 0.15) is 5.78 Å². The highest BCUT2D eigenvalue weighted by atomic mass is 16.2. The second kappa shape index (κ2) is 7.87. The number of amides is 1. The van der Waals surface area contributed by atoms with Gasteiger partial charge in [-0.15, -0.1) is 0 Å². The van der Waals surface area contributed by atoms with E-state index in [0.29, 0.717) is 22.6 Å². The zero-order valence-electron chi connectivity index (χ0n) is 16.9. The SMILES string of the molecule is CC(=O)Cc1c[nH]n(-c2ccc(C(=O)Nc3ccc(C(C)(C)C)cc3)cn2)c1=O. The van der Waals surface area contributed by atoms with E-state index < -0.39 is 0 Å². The van der Waals surface area contributed by atoms with Gasteiger partial charge >= 0.3 is 0 Å². The highest BCUT2D eigenvalue weighted by Crippen LogP contribution is 2.23. The van der Waals surface area contributed by atoms with Gasteiger partial charge in [0.2, 0.25) is 0 Å². The monoisotopic (exact) mass is 392 g/mol. The van der Waals surface area contributed by atoms with Crippen LogP contribution >= 0.6 is 0 Å². The van der Waals surface area contributed by atoms with Gasteiger partial charge in [-0.3, -0.25) is 19.5 Å². The fourth-order valence-electron chi connectivity index (χ4n) is 2.88. The molecule has 3 rings (SSSR count). The van der Waals surface area contributed by atoms with Gasteiger partial charge in [-0.25, -0.2) is 9.67 Å². The molecular formula is C22H24N4O3. The third-order valence-electron chi connectivity index (χ3n) is 4.53. The number of Topliss-reactive ketones (excluding diaryl/α,β-unsaturated/α-hetero) is 1. The summed E-state index contributed by atoms with van der Waals surface area (Å²) in [6.45, 7) is 7.82. The number of hydrogen-bond acceptors (Lipinski definition) is 4. The molecule has 2 heterocycles. The molecule has 1 aromatic carbocycles. The van der Waals surface area contributed by atoms with Crippen molar-refractivity contribution in [1.82, 2.24) is 14.8 Å². The number of anilines is 1. The van der Waals surface area contributed by atoms with Crippen LogP contribution in [-0.2, 0) is 16.6 Å². The van der Waals surface area contributed by atoms with Crippen LogP contribution in [0.3, 0.4) is 0 Å².